The van der Waals surface area contributed by atoms with Crippen LogP contribution in [0.1, 0.15) is 34.7 Å². The molecule has 0 aliphatic rings. The summed E-state index contributed by atoms with van der Waals surface area (Å²) in [5.41, 5.74) is 1.50. The Kier molecular flexibility index (Phi) is 6.88. The summed E-state index contributed by atoms with van der Waals surface area (Å²) in [4.78, 5) is 12.4. The summed E-state index contributed by atoms with van der Waals surface area (Å²) >= 11 is 19.5. The van der Waals surface area contributed by atoms with Crippen molar-refractivity contribution in [1.82, 2.24) is 20.1 Å². The van der Waals surface area contributed by atoms with E-state index in [2.05, 4.69) is 15.5 Å². The van der Waals surface area contributed by atoms with Gasteiger partial charge in [0.05, 0.1) is 6.04 Å². The number of carbonyl (C=O) groups is 1. The van der Waals surface area contributed by atoms with E-state index < -0.39 is 0 Å². The van der Waals surface area contributed by atoms with Crippen LogP contribution < -0.4 is 5.32 Å². The largest absolute Gasteiger partial charge is 0.342 e. The van der Waals surface area contributed by atoms with Gasteiger partial charge in [0.2, 0.25) is 0 Å². The number of halogens is 3. The zero-order valence-electron chi connectivity index (χ0n) is 15.1. The van der Waals surface area contributed by atoms with Crippen LogP contribution in [-0.2, 0) is 12.8 Å². The molecule has 0 unspecified atom stereocenters. The topological polar surface area (TPSA) is 59.8 Å². The molecule has 1 heterocycles. The highest BCUT2D eigenvalue weighted by molar-refractivity contribution is 7.98. The average molecular weight is 456 g/mol. The molecule has 0 spiro atoms. The summed E-state index contributed by atoms with van der Waals surface area (Å²) in [6.07, 6.45) is 0. The lowest BCUT2D eigenvalue weighted by Crippen LogP contribution is -2.28. The quantitative estimate of drug-likeness (QED) is 0.494. The monoisotopic (exact) mass is 454 g/mol. The summed E-state index contributed by atoms with van der Waals surface area (Å²) in [5, 5.41) is 13.9. The minimum Gasteiger partial charge on any atom is -0.342 e. The molecule has 28 heavy (non-hydrogen) atoms. The van der Waals surface area contributed by atoms with Crippen molar-refractivity contribution in [2.24, 2.45) is 7.05 Å². The van der Waals surface area contributed by atoms with Crippen LogP contribution in [0, 0.1) is 0 Å². The number of aromatic nitrogens is 3. The molecule has 0 fully saturated rings. The van der Waals surface area contributed by atoms with Crippen molar-refractivity contribution in [3.05, 3.63) is 74.5 Å². The molecule has 1 amide bonds. The summed E-state index contributed by atoms with van der Waals surface area (Å²) in [5.74, 6) is 1.09. The van der Waals surface area contributed by atoms with Crippen molar-refractivity contribution in [1.29, 1.82) is 0 Å². The maximum absolute atomic E-state index is 12.4. The number of nitrogens with one attached hydrogen (secondary N) is 1. The number of nitrogens with zero attached hydrogens (tertiary/aromatic N) is 3. The Labute approximate surface area is 182 Å². The van der Waals surface area contributed by atoms with Gasteiger partial charge in [0.1, 0.15) is 0 Å². The molecule has 9 heteroatoms. The van der Waals surface area contributed by atoms with Gasteiger partial charge < -0.3 is 9.88 Å². The minimum absolute atomic E-state index is 0.200. The van der Waals surface area contributed by atoms with Crippen molar-refractivity contribution in [3.8, 4) is 0 Å². The van der Waals surface area contributed by atoms with Gasteiger partial charge in [0.25, 0.3) is 5.91 Å². The van der Waals surface area contributed by atoms with Gasteiger partial charge in [-0.25, -0.2) is 0 Å². The number of benzene rings is 2. The third-order valence-corrected chi connectivity index (χ3v) is 5.99. The van der Waals surface area contributed by atoms with Crippen LogP contribution >= 0.6 is 46.6 Å². The molecule has 3 aromatic rings. The number of hydrogen-bond acceptors (Lipinski definition) is 4. The highest BCUT2D eigenvalue weighted by Gasteiger charge is 2.18. The van der Waals surface area contributed by atoms with Crippen LogP contribution in [0.25, 0.3) is 0 Å². The lowest BCUT2D eigenvalue weighted by Gasteiger charge is -2.13. The van der Waals surface area contributed by atoms with Gasteiger partial charge in [0, 0.05) is 33.4 Å². The maximum atomic E-state index is 12.4. The molecule has 0 saturated heterocycles. The Bertz CT molecular complexity index is 991. The highest BCUT2D eigenvalue weighted by atomic mass is 35.5. The van der Waals surface area contributed by atoms with E-state index >= 15 is 0 Å². The van der Waals surface area contributed by atoms with Crippen molar-refractivity contribution in [3.63, 3.8) is 0 Å². The second-order valence-electron chi connectivity index (χ2n) is 6.13. The van der Waals surface area contributed by atoms with Crippen LogP contribution in [0.3, 0.4) is 0 Å². The van der Waals surface area contributed by atoms with Gasteiger partial charge >= 0.3 is 0 Å². The third kappa shape index (κ3) is 5.00. The smallest absolute Gasteiger partial charge is 0.251 e. The molecule has 0 radical (unpaired) electrons. The second-order valence-corrected chi connectivity index (χ2v) is 8.35. The fourth-order valence-electron chi connectivity index (χ4n) is 2.56. The maximum Gasteiger partial charge on any atom is 0.251 e. The van der Waals surface area contributed by atoms with Crippen LogP contribution in [0.5, 0.6) is 0 Å². The zero-order chi connectivity index (χ0) is 20.3. The van der Waals surface area contributed by atoms with E-state index in [0.717, 1.165) is 10.7 Å². The Hall–Kier alpha value is -1.73. The summed E-state index contributed by atoms with van der Waals surface area (Å²) < 4.78 is 1.86. The van der Waals surface area contributed by atoms with Gasteiger partial charge in [-0.05, 0) is 48.9 Å². The van der Waals surface area contributed by atoms with Crippen LogP contribution in [0.15, 0.2) is 47.6 Å². The fraction of sp³-hybridized carbons (Fsp3) is 0.211. The molecule has 0 aliphatic carbocycles. The van der Waals surface area contributed by atoms with Crippen molar-refractivity contribution >= 4 is 52.5 Å². The molecular formula is C19H17Cl3N4OS. The average Bonchev–Trinajstić information content (AvgIpc) is 3.02. The Morgan fingerprint density at radius 1 is 1.11 bits per heavy atom. The first-order valence-corrected chi connectivity index (χ1v) is 10.5. The lowest BCUT2D eigenvalue weighted by atomic mass is 10.2. The standard InChI is InChI=1S/C19H17Cl3N4OS/c1-11(23-18(27)12-3-6-14(20)7-4-12)17-24-25-19(26(17)2)28-10-13-5-8-15(21)9-16(13)22/h3-9,11H,10H2,1-2H3,(H,23,27)/t11-/m0/s1. The number of amides is 1. The number of rotatable bonds is 6. The molecule has 5 nitrogen and oxygen atoms in total. The third-order valence-electron chi connectivity index (χ3n) is 4.08. The number of carbonyl (C=O) groups excluding carboxylic acids is 1. The molecule has 0 bridgehead atoms. The van der Waals surface area contributed by atoms with E-state index in [1.165, 1.54) is 11.8 Å². The minimum atomic E-state index is -0.311. The molecule has 1 N–H and O–H groups in total. The van der Waals surface area contributed by atoms with E-state index in [1.807, 2.05) is 24.6 Å². The zero-order valence-corrected chi connectivity index (χ0v) is 18.2. The Morgan fingerprint density at radius 2 is 1.79 bits per heavy atom. The van der Waals surface area contributed by atoms with Crippen LogP contribution in [0.2, 0.25) is 15.1 Å². The Balaban J connectivity index is 1.66. The summed E-state index contributed by atoms with van der Waals surface area (Å²) in [7, 11) is 1.87. The highest BCUT2D eigenvalue weighted by Crippen LogP contribution is 2.28. The van der Waals surface area contributed by atoms with E-state index in [4.69, 9.17) is 34.8 Å². The molecule has 0 saturated carbocycles. The van der Waals surface area contributed by atoms with E-state index in [1.54, 1.807) is 36.4 Å². The molecule has 0 aliphatic heterocycles. The lowest BCUT2D eigenvalue weighted by molar-refractivity contribution is 0.0937. The predicted molar refractivity (Wildman–Crippen MR) is 114 cm³/mol. The fourth-order valence-corrected chi connectivity index (χ4v) is 4.16. The molecule has 2 aromatic carbocycles. The normalized spacial score (nSPS) is 12.0. The van der Waals surface area contributed by atoms with Gasteiger partial charge in [-0.2, -0.15) is 0 Å². The van der Waals surface area contributed by atoms with E-state index in [9.17, 15) is 4.79 Å². The molecule has 1 aromatic heterocycles. The van der Waals surface area contributed by atoms with Crippen molar-refractivity contribution in [2.45, 2.75) is 23.9 Å². The molecule has 1 atom stereocenters. The van der Waals surface area contributed by atoms with Gasteiger partial charge in [0.15, 0.2) is 11.0 Å². The number of thioether (sulfide) groups is 1. The first-order valence-electron chi connectivity index (χ1n) is 8.37. The second kappa shape index (κ2) is 9.18. The molecular weight excluding hydrogens is 439 g/mol. The van der Waals surface area contributed by atoms with Crippen molar-refractivity contribution in [2.75, 3.05) is 0 Å². The SMILES string of the molecule is C[C@H](NC(=O)c1ccc(Cl)cc1)c1nnc(SCc2ccc(Cl)cc2Cl)n1C. The number of hydrogen-bond donors (Lipinski definition) is 1. The van der Waals surface area contributed by atoms with E-state index in [-0.39, 0.29) is 11.9 Å². The Morgan fingerprint density at radius 3 is 2.46 bits per heavy atom. The molecule has 3 rings (SSSR count). The molecule has 146 valence electrons. The van der Waals surface area contributed by atoms with Crippen molar-refractivity contribution < 1.29 is 4.79 Å². The summed E-state index contributed by atoms with van der Waals surface area (Å²) in [6, 6.07) is 11.8. The van der Waals surface area contributed by atoms with Gasteiger partial charge in [-0.15, -0.1) is 10.2 Å². The predicted octanol–water partition coefficient (Wildman–Crippen LogP) is 5.56. The van der Waals surface area contributed by atoms with Crippen LogP contribution in [-0.4, -0.2) is 20.7 Å². The van der Waals surface area contributed by atoms with Crippen LogP contribution in [0.4, 0.5) is 0 Å². The van der Waals surface area contributed by atoms with Gasteiger partial charge in [-0.3, -0.25) is 4.79 Å². The first-order chi connectivity index (χ1) is 13.3. The van der Waals surface area contributed by atoms with E-state index in [0.29, 0.717) is 32.2 Å². The first kappa shape index (κ1) is 21.0. The van der Waals surface area contributed by atoms with Gasteiger partial charge in [-0.1, -0.05) is 52.6 Å². The summed E-state index contributed by atoms with van der Waals surface area (Å²) in [6.45, 7) is 1.86.